The number of rotatable bonds is 7. The summed E-state index contributed by atoms with van der Waals surface area (Å²) in [6.45, 7) is 5.28. The van der Waals surface area contributed by atoms with Crippen molar-refractivity contribution >= 4 is 39.8 Å². The molecule has 3 fully saturated rings. The van der Waals surface area contributed by atoms with Gasteiger partial charge >= 0.3 is 12.1 Å². The molecule has 49 heavy (non-hydrogen) atoms. The monoisotopic (exact) mass is 704 g/mol. The van der Waals surface area contributed by atoms with Crippen molar-refractivity contribution in [1.82, 2.24) is 20.3 Å². The van der Waals surface area contributed by atoms with Gasteiger partial charge in [-0.25, -0.2) is 18.0 Å². The first-order valence-corrected chi connectivity index (χ1v) is 17.9. The minimum Gasteiger partial charge on any atom is -0.497 e. The molecule has 16 heteroatoms. The molecule has 2 aliphatic heterocycles. The minimum absolute atomic E-state index is 0.111. The van der Waals surface area contributed by atoms with Crippen LogP contribution in [0.25, 0.3) is 0 Å². The number of amides is 4. The molecule has 2 saturated carbocycles. The summed E-state index contributed by atoms with van der Waals surface area (Å²) in [5.74, 6) is -2.89. The number of hydrogen-bond acceptors (Lipinski definition) is 11. The Morgan fingerprint density at radius 2 is 1.80 bits per heavy atom. The van der Waals surface area contributed by atoms with Crippen LogP contribution in [0.4, 0.5) is 4.79 Å². The summed E-state index contributed by atoms with van der Waals surface area (Å²) in [7, 11) is -2.43. The second-order valence-electron chi connectivity index (χ2n) is 13.8. The van der Waals surface area contributed by atoms with Crippen LogP contribution in [-0.4, -0.2) is 105 Å². The number of benzene rings is 1. The molecule has 1 aromatic carbocycles. The molecule has 0 unspecified atom stereocenters. The van der Waals surface area contributed by atoms with Gasteiger partial charge in [0.1, 0.15) is 35.1 Å². The zero-order chi connectivity index (χ0) is 35.6. The lowest BCUT2D eigenvalue weighted by atomic mass is 10.1. The van der Waals surface area contributed by atoms with E-state index in [1.807, 2.05) is 0 Å². The Kier molecular flexibility index (Phi) is 10.6. The molecule has 268 valence electrons. The van der Waals surface area contributed by atoms with Gasteiger partial charge in [0.2, 0.25) is 21.8 Å². The first-order chi connectivity index (χ1) is 23.1. The highest BCUT2D eigenvalue weighted by molar-refractivity contribution is 7.91. The minimum atomic E-state index is -3.92. The molecule has 0 bridgehead atoms. The van der Waals surface area contributed by atoms with E-state index in [0.29, 0.717) is 25.0 Å². The number of nitrogens with one attached hydrogen (secondary N) is 3. The van der Waals surface area contributed by atoms with Gasteiger partial charge < -0.3 is 34.5 Å². The summed E-state index contributed by atoms with van der Waals surface area (Å²) < 4.78 is 49.5. The van der Waals surface area contributed by atoms with Gasteiger partial charge in [-0.2, -0.15) is 0 Å². The Hall–Kier alpha value is -4.18. The average molecular weight is 705 g/mol. The van der Waals surface area contributed by atoms with Gasteiger partial charge in [-0.1, -0.05) is 12.2 Å². The number of carbonyl (C=O) groups excluding carboxylic acids is 5. The highest BCUT2D eigenvalue weighted by Crippen LogP contribution is 2.46. The number of carbonyl (C=O) groups is 5. The Labute approximate surface area is 285 Å². The quantitative estimate of drug-likeness (QED) is 0.275. The third-order valence-electron chi connectivity index (χ3n) is 8.77. The highest BCUT2D eigenvalue weighted by Gasteiger charge is 2.62. The Morgan fingerprint density at radius 1 is 1.08 bits per heavy atom. The average Bonchev–Trinajstić information content (AvgIpc) is 3.95. The zero-order valence-electron chi connectivity index (χ0n) is 28.1. The third kappa shape index (κ3) is 8.90. The Bertz CT molecular complexity index is 1590. The Morgan fingerprint density at radius 3 is 2.45 bits per heavy atom. The smallest absolute Gasteiger partial charge is 0.408 e. The lowest BCUT2D eigenvalue weighted by Crippen LogP contribution is -2.58. The van der Waals surface area contributed by atoms with Crippen LogP contribution >= 0.6 is 0 Å². The fourth-order valence-electron chi connectivity index (χ4n) is 5.96. The van der Waals surface area contributed by atoms with Crippen molar-refractivity contribution in [3.63, 3.8) is 0 Å². The molecule has 0 spiro atoms. The van der Waals surface area contributed by atoms with Gasteiger partial charge in [0.25, 0.3) is 5.91 Å². The molecule has 2 aliphatic carbocycles. The fraction of sp³-hybridized carbons (Fsp3) is 0.606. The molecule has 0 aromatic heterocycles. The molecule has 0 radical (unpaired) electrons. The number of fused-ring (bicyclic) bond motifs is 2. The van der Waals surface area contributed by atoms with Crippen molar-refractivity contribution in [2.75, 3.05) is 26.9 Å². The van der Waals surface area contributed by atoms with E-state index in [0.717, 1.165) is 0 Å². The maximum Gasteiger partial charge on any atom is 0.408 e. The van der Waals surface area contributed by atoms with Crippen molar-refractivity contribution in [2.24, 2.45) is 5.92 Å². The van der Waals surface area contributed by atoms with E-state index in [4.69, 9.17) is 18.9 Å². The van der Waals surface area contributed by atoms with Gasteiger partial charge in [-0.05, 0) is 77.1 Å². The molecular formula is C33H44N4O11S. The van der Waals surface area contributed by atoms with E-state index in [1.54, 1.807) is 45.1 Å². The molecule has 2 heterocycles. The van der Waals surface area contributed by atoms with E-state index >= 15 is 0 Å². The molecule has 15 nitrogen and oxygen atoms in total. The standard InChI is InChI=1S/C33H44N4O11S/c1-32(2,3)48-31(42)34-25-8-6-16-46-15-5-7-21-18-33(21,30(41)36-49(43,44)24-13-14-24)35-27(38)26-17-23(19-37(26)28(25)39)47-29(40)20-9-11-22(45-4)12-10-20/h5,7,9-12,21,23-26H,6,8,13-19H2,1-4H3,(H,34,42)(H,35,38)(H,36,41)/b7-5-/t21-,23-,25+,26+,33-/m1/s1. The molecule has 4 aliphatic rings. The van der Waals surface area contributed by atoms with E-state index in [2.05, 4.69) is 15.4 Å². The van der Waals surface area contributed by atoms with Gasteiger partial charge in [0.05, 0.1) is 31.1 Å². The number of nitrogens with zero attached hydrogens (tertiary/aromatic N) is 1. The van der Waals surface area contributed by atoms with Crippen molar-refractivity contribution < 1.29 is 51.3 Å². The summed E-state index contributed by atoms with van der Waals surface area (Å²) in [4.78, 5) is 68.9. The van der Waals surface area contributed by atoms with E-state index in [9.17, 15) is 32.4 Å². The largest absolute Gasteiger partial charge is 0.497 e. The zero-order valence-corrected chi connectivity index (χ0v) is 28.9. The topological polar surface area (TPSA) is 196 Å². The summed E-state index contributed by atoms with van der Waals surface area (Å²) in [5.41, 5.74) is -2.20. The van der Waals surface area contributed by atoms with Crippen molar-refractivity contribution in [1.29, 1.82) is 0 Å². The van der Waals surface area contributed by atoms with E-state index < -0.39 is 80.3 Å². The fourth-order valence-corrected chi connectivity index (χ4v) is 7.32. The van der Waals surface area contributed by atoms with Crippen LogP contribution in [-0.2, 0) is 38.6 Å². The van der Waals surface area contributed by atoms with Crippen LogP contribution < -0.4 is 20.1 Å². The molecular weight excluding hydrogens is 660 g/mol. The number of sulfonamides is 1. The van der Waals surface area contributed by atoms with Crippen molar-refractivity contribution in [2.45, 2.75) is 93.9 Å². The van der Waals surface area contributed by atoms with Crippen LogP contribution in [0, 0.1) is 5.92 Å². The van der Waals surface area contributed by atoms with Gasteiger partial charge in [-0.15, -0.1) is 0 Å². The van der Waals surface area contributed by atoms with Gasteiger partial charge in [-0.3, -0.25) is 19.1 Å². The van der Waals surface area contributed by atoms with Crippen LogP contribution in [0.3, 0.4) is 0 Å². The van der Waals surface area contributed by atoms with Crippen LogP contribution in [0.2, 0.25) is 0 Å². The number of alkyl carbamates (subject to hydrolysis) is 1. The predicted octanol–water partition coefficient (Wildman–Crippen LogP) is 1.56. The first-order valence-electron chi connectivity index (χ1n) is 16.4. The number of ether oxygens (including phenoxy) is 4. The second kappa shape index (κ2) is 14.4. The molecule has 4 amide bonds. The van der Waals surface area contributed by atoms with E-state index in [1.165, 1.54) is 24.1 Å². The lowest BCUT2D eigenvalue weighted by molar-refractivity contribution is -0.141. The van der Waals surface area contributed by atoms with Gasteiger partial charge in [0.15, 0.2) is 0 Å². The highest BCUT2D eigenvalue weighted by atomic mass is 32.2. The summed E-state index contributed by atoms with van der Waals surface area (Å²) in [6, 6.07) is 3.89. The summed E-state index contributed by atoms with van der Waals surface area (Å²) in [6.07, 6.45) is 3.06. The maximum absolute atomic E-state index is 14.2. The normalized spacial score (nSPS) is 28.4. The second-order valence-corrected chi connectivity index (χ2v) is 15.7. The van der Waals surface area contributed by atoms with Crippen LogP contribution in [0.15, 0.2) is 36.4 Å². The number of hydrogen-bond donors (Lipinski definition) is 3. The third-order valence-corrected chi connectivity index (χ3v) is 10.6. The van der Waals surface area contributed by atoms with Crippen molar-refractivity contribution in [3.8, 4) is 5.75 Å². The lowest BCUT2D eigenvalue weighted by Gasteiger charge is -2.30. The van der Waals surface area contributed by atoms with Gasteiger partial charge in [0, 0.05) is 18.9 Å². The predicted molar refractivity (Wildman–Crippen MR) is 174 cm³/mol. The van der Waals surface area contributed by atoms with Crippen LogP contribution in [0.1, 0.15) is 69.7 Å². The number of esters is 1. The van der Waals surface area contributed by atoms with Crippen LogP contribution in [0.5, 0.6) is 5.75 Å². The molecule has 1 aromatic rings. The van der Waals surface area contributed by atoms with Crippen molar-refractivity contribution in [3.05, 3.63) is 42.0 Å². The summed E-state index contributed by atoms with van der Waals surface area (Å²) in [5, 5.41) is 4.70. The molecule has 5 rings (SSSR count). The van der Waals surface area contributed by atoms with E-state index in [-0.39, 0.29) is 44.6 Å². The molecule has 5 atom stereocenters. The molecule has 1 saturated heterocycles. The number of methoxy groups -OCH3 is 1. The Balaban J connectivity index is 1.42. The first kappa shape index (κ1) is 36.1. The summed E-state index contributed by atoms with van der Waals surface area (Å²) >= 11 is 0. The molecule has 3 N–H and O–H groups in total. The maximum atomic E-state index is 14.2. The SMILES string of the molecule is COc1ccc(C(=O)O[C@@H]2C[C@H]3C(=O)N[C@]4(C(=O)NS(=O)(=O)C5CC5)C[C@H]4/C=C\COCCC[C@H](NC(=O)OC(C)(C)C)C(=O)N3C2)cc1.